The maximum Gasteiger partial charge on any atom is 0.340 e. The van der Waals surface area contributed by atoms with Crippen molar-refractivity contribution >= 4 is 5.97 Å². The van der Waals surface area contributed by atoms with Gasteiger partial charge in [0, 0.05) is 6.07 Å². The number of aliphatic hydroxyl groups excluding tert-OH is 1. The van der Waals surface area contributed by atoms with Gasteiger partial charge in [0.05, 0.1) is 0 Å². The zero-order valence-corrected chi connectivity index (χ0v) is 7.33. The summed E-state index contributed by atoms with van der Waals surface area (Å²) in [7, 11) is 0. The summed E-state index contributed by atoms with van der Waals surface area (Å²) in [5, 5.41) is 8.76. The maximum atomic E-state index is 12.6. The van der Waals surface area contributed by atoms with E-state index in [9.17, 15) is 13.6 Å². The highest BCUT2D eigenvalue weighted by molar-refractivity contribution is 5.76. The summed E-state index contributed by atoms with van der Waals surface area (Å²) in [6.07, 6.45) is -1.30. The lowest BCUT2D eigenvalue weighted by Gasteiger charge is -2.05. The van der Waals surface area contributed by atoms with Gasteiger partial charge in [0.25, 0.3) is 0 Å². The summed E-state index contributed by atoms with van der Waals surface area (Å²) in [6.45, 7) is 1.21. The zero-order valence-electron chi connectivity index (χ0n) is 7.33. The fourth-order valence-electron chi connectivity index (χ4n) is 0.742. The van der Waals surface area contributed by atoms with E-state index in [1.807, 2.05) is 0 Å². The second-order valence-electron chi connectivity index (χ2n) is 2.67. The molecule has 1 rings (SSSR count). The highest BCUT2D eigenvalue weighted by Gasteiger charge is 2.12. The molecule has 1 aromatic carbocycles. The van der Waals surface area contributed by atoms with Crippen molar-refractivity contribution < 1.29 is 23.4 Å². The number of esters is 1. The van der Waals surface area contributed by atoms with Gasteiger partial charge in [-0.15, -0.1) is 0 Å². The molecule has 76 valence electrons. The van der Waals surface area contributed by atoms with E-state index >= 15 is 0 Å². The number of benzene rings is 1. The van der Waals surface area contributed by atoms with E-state index in [2.05, 4.69) is 4.74 Å². The molecule has 0 bridgehead atoms. The molecule has 0 radical (unpaired) electrons. The van der Waals surface area contributed by atoms with Gasteiger partial charge >= 0.3 is 5.97 Å². The van der Waals surface area contributed by atoms with Crippen LogP contribution in [-0.2, 0) is 4.79 Å². The third kappa shape index (κ3) is 2.50. The molecule has 0 saturated carbocycles. The molecular formula is C9H8F2O3. The Morgan fingerprint density at radius 2 is 2.07 bits per heavy atom. The first-order valence-electron chi connectivity index (χ1n) is 3.85. The van der Waals surface area contributed by atoms with E-state index in [1.165, 1.54) is 6.92 Å². The van der Waals surface area contributed by atoms with Crippen LogP contribution in [0.25, 0.3) is 0 Å². The Balaban J connectivity index is 2.78. The molecule has 0 heterocycles. The Bertz CT molecular complexity index is 350. The first-order valence-corrected chi connectivity index (χ1v) is 3.85. The van der Waals surface area contributed by atoms with Crippen LogP contribution in [0, 0.1) is 11.6 Å². The van der Waals surface area contributed by atoms with Crippen molar-refractivity contribution in [2.45, 2.75) is 13.0 Å². The average Bonchev–Trinajstić information content (AvgIpc) is 2.11. The van der Waals surface area contributed by atoms with E-state index in [0.717, 1.165) is 18.2 Å². The predicted molar refractivity (Wildman–Crippen MR) is 43.7 cm³/mol. The molecule has 1 N–H and O–H groups in total. The fourth-order valence-corrected chi connectivity index (χ4v) is 0.742. The Hall–Kier alpha value is -1.49. The zero-order chi connectivity index (χ0) is 10.7. The number of carbonyl (C=O) groups is 1. The summed E-state index contributed by atoms with van der Waals surface area (Å²) >= 11 is 0. The fraction of sp³-hybridized carbons (Fsp3) is 0.222. The lowest BCUT2D eigenvalue weighted by atomic mass is 10.3. The topological polar surface area (TPSA) is 46.5 Å². The van der Waals surface area contributed by atoms with Gasteiger partial charge < -0.3 is 9.84 Å². The van der Waals surface area contributed by atoms with Crippen LogP contribution in [-0.4, -0.2) is 17.2 Å². The van der Waals surface area contributed by atoms with Gasteiger partial charge in [0.2, 0.25) is 0 Å². The molecule has 1 unspecified atom stereocenters. The first kappa shape index (κ1) is 10.6. The summed E-state index contributed by atoms with van der Waals surface area (Å²) in [4.78, 5) is 10.8. The minimum absolute atomic E-state index is 0.144. The van der Waals surface area contributed by atoms with Gasteiger partial charge in [-0.2, -0.15) is 0 Å². The number of carbonyl (C=O) groups excluding carboxylic acids is 1. The molecule has 1 atom stereocenters. The van der Waals surface area contributed by atoms with E-state index in [1.54, 1.807) is 0 Å². The lowest BCUT2D eigenvalue weighted by molar-refractivity contribution is -0.142. The largest absolute Gasteiger partial charge is 0.425 e. The summed E-state index contributed by atoms with van der Waals surface area (Å²) in [6, 6.07) is 2.66. The van der Waals surface area contributed by atoms with Gasteiger partial charge in [0.1, 0.15) is 11.9 Å². The number of hydrogen-bond donors (Lipinski definition) is 1. The van der Waals surface area contributed by atoms with Crippen LogP contribution in [0.1, 0.15) is 6.92 Å². The van der Waals surface area contributed by atoms with E-state index in [0.29, 0.717) is 0 Å². The minimum Gasteiger partial charge on any atom is -0.425 e. The van der Waals surface area contributed by atoms with Crippen LogP contribution < -0.4 is 4.74 Å². The Labute approximate surface area is 78.9 Å². The molecule has 0 aromatic heterocycles. The lowest BCUT2D eigenvalue weighted by Crippen LogP contribution is -2.22. The summed E-state index contributed by atoms with van der Waals surface area (Å²) < 4.78 is 29.5. The van der Waals surface area contributed by atoms with Crippen molar-refractivity contribution in [2.24, 2.45) is 0 Å². The first-order chi connectivity index (χ1) is 6.50. The predicted octanol–water partition coefficient (Wildman–Crippen LogP) is 1.25. The Kier molecular flexibility index (Phi) is 3.14. The average molecular weight is 202 g/mol. The van der Waals surface area contributed by atoms with Gasteiger partial charge in [-0.1, -0.05) is 0 Å². The number of hydrogen-bond acceptors (Lipinski definition) is 3. The van der Waals surface area contributed by atoms with Crippen molar-refractivity contribution in [2.75, 3.05) is 0 Å². The minimum atomic E-state index is -1.30. The molecule has 5 heteroatoms. The monoisotopic (exact) mass is 202 g/mol. The van der Waals surface area contributed by atoms with Crippen LogP contribution in [0.4, 0.5) is 8.78 Å². The number of rotatable bonds is 2. The van der Waals surface area contributed by atoms with Crippen molar-refractivity contribution in [3.8, 4) is 5.75 Å². The van der Waals surface area contributed by atoms with Crippen LogP contribution in [0.15, 0.2) is 18.2 Å². The molecule has 0 amide bonds. The molecule has 0 spiro atoms. The molecule has 0 fully saturated rings. The van der Waals surface area contributed by atoms with Crippen molar-refractivity contribution in [3.63, 3.8) is 0 Å². The van der Waals surface area contributed by atoms with Crippen LogP contribution in [0.3, 0.4) is 0 Å². The number of aliphatic hydroxyl groups is 1. The van der Waals surface area contributed by atoms with Gasteiger partial charge in [0.15, 0.2) is 11.6 Å². The summed E-state index contributed by atoms with van der Waals surface area (Å²) in [5.41, 5.74) is 0. The van der Waals surface area contributed by atoms with E-state index in [-0.39, 0.29) is 5.75 Å². The highest BCUT2D eigenvalue weighted by Crippen LogP contribution is 2.15. The molecule has 0 aliphatic carbocycles. The highest BCUT2D eigenvalue weighted by atomic mass is 19.2. The van der Waals surface area contributed by atoms with Gasteiger partial charge in [-0.05, 0) is 19.1 Å². The Morgan fingerprint density at radius 1 is 1.43 bits per heavy atom. The van der Waals surface area contributed by atoms with E-state index < -0.39 is 23.7 Å². The standard InChI is InChI=1S/C9H8F2O3/c1-5(12)9(13)14-6-2-3-7(10)8(11)4-6/h2-5,12H,1H3. The molecule has 0 aliphatic rings. The van der Waals surface area contributed by atoms with Gasteiger partial charge in [-0.25, -0.2) is 13.6 Å². The normalized spacial score (nSPS) is 12.3. The van der Waals surface area contributed by atoms with Crippen LogP contribution in [0.2, 0.25) is 0 Å². The maximum absolute atomic E-state index is 12.6. The SMILES string of the molecule is CC(O)C(=O)Oc1ccc(F)c(F)c1. The molecule has 3 nitrogen and oxygen atoms in total. The summed E-state index contributed by atoms with van der Waals surface area (Å²) in [5.74, 6) is -3.20. The quantitative estimate of drug-likeness (QED) is 0.580. The van der Waals surface area contributed by atoms with Crippen LogP contribution in [0.5, 0.6) is 5.75 Å². The second-order valence-corrected chi connectivity index (χ2v) is 2.67. The van der Waals surface area contributed by atoms with Gasteiger partial charge in [-0.3, -0.25) is 0 Å². The smallest absolute Gasteiger partial charge is 0.340 e. The molecule has 0 saturated heterocycles. The third-order valence-corrected chi connectivity index (χ3v) is 1.45. The molecule has 0 aliphatic heterocycles. The van der Waals surface area contributed by atoms with Crippen molar-refractivity contribution in [1.29, 1.82) is 0 Å². The Morgan fingerprint density at radius 3 is 2.57 bits per heavy atom. The number of halogens is 2. The number of ether oxygens (including phenoxy) is 1. The van der Waals surface area contributed by atoms with E-state index in [4.69, 9.17) is 5.11 Å². The van der Waals surface area contributed by atoms with Crippen molar-refractivity contribution in [3.05, 3.63) is 29.8 Å². The molecular weight excluding hydrogens is 194 g/mol. The van der Waals surface area contributed by atoms with Crippen LogP contribution >= 0.6 is 0 Å². The van der Waals surface area contributed by atoms with Crippen molar-refractivity contribution in [1.82, 2.24) is 0 Å². The molecule has 14 heavy (non-hydrogen) atoms. The second kappa shape index (κ2) is 4.15. The molecule has 1 aromatic rings. The third-order valence-electron chi connectivity index (χ3n) is 1.45.